The first kappa shape index (κ1) is 15.5. The van der Waals surface area contributed by atoms with E-state index in [1.54, 1.807) is 19.1 Å². The van der Waals surface area contributed by atoms with Gasteiger partial charge in [0.15, 0.2) is 0 Å². The summed E-state index contributed by atoms with van der Waals surface area (Å²) in [5.74, 6) is -0.260. The largest absolute Gasteiger partial charge is 0.465 e. The van der Waals surface area contributed by atoms with Crippen molar-refractivity contribution < 1.29 is 14.3 Å². The number of hydrogen-bond acceptors (Lipinski definition) is 4. The van der Waals surface area contributed by atoms with Crippen LogP contribution in [-0.2, 0) is 16.1 Å². The summed E-state index contributed by atoms with van der Waals surface area (Å²) in [6.45, 7) is 4.39. The molecule has 1 heterocycles. The summed E-state index contributed by atoms with van der Waals surface area (Å²) < 4.78 is 4.69. The molecule has 0 spiro atoms. The lowest BCUT2D eigenvalue weighted by Gasteiger charge is -2.32. The lowest BCUT2D eigenvalue weighted by atomic mass is 10.0. The van der Waals surface area contributed by atoms with Gasteiger partial charge in [-0.25, -0.2) is 4.79 Å². The molecule has 0 aliphatic carbocycles. The van der Waals surface area contributed by atoms with E-state index < -0.39 is 0 Å². The number of nitrogens with zero attached hydrogens (tertiary/aromatic N) is 1. The minimum atomic E-state index is -0.308. The van der Waals surface area contributed by atoms with Gasteiger partial charge in [0.2, 0.25) is 5.91 Å². The second-order valence-electron chi connectivity index (χ2n) is 5.44. The lowest BCUT2D eigenvalue weighted by molar-refractivity contribution is -0.119. The Morgan fingerprint density at radius 2 is 1.86 bits per heavy atom. The quantitative estimate of drug-likeness (QED) is 0.855. The van der Waals surface area contributed by atoms with Gasteiger partial charge in [-0.2, -0.15) is 0 Å². The molecular formula is C16H22N2O3. The van der Waals surface area contributed by atoms with Crippen LogP contribution in [0.2, 0.25) is 0 Å². The van der Waals surface area contributed by atoms with Crippen molar-refractivity contribution in [2.75, 3.05) is 20.2 Å². The molecule has 0 radical (unpaired) electrons. The first-order chi connectivity index (χ1) is 10.1. The maximum atomic E-state index is 11.4. The predicted molar refractivity (Wildman–Crippen MR) is 79.9 cm³/mol. The second kappa shape index (κ2) is 7.22. The predicted octanol–water partition coefficient (Wildman–Crippen LogP) is 1.57. The highest BCUT2D eigenvalue weighted by molar-refractivity contribution is 5.89. The molecule has 1 aromatic rings. The van der Waals surface area contributed by atoms with Gasteiger partial charge in [-0.05, 0) is 30.5 Å². The summed E-state index contributed by atoms with van der Waals surface area (Å²) >= 11 is 0. The van der Waals surface area contributed by atoms with Crippen molar-refractivity contribution in [1.29, 1.82) is 0 Å². The fourth-order valence-electron chi connectivity index (χ4n) is 2.65. The van der Waals surface area contributed by atoms with Crippen LogP contribution in [-0.4, -0.2) is 43.0 Å². The Labute approximate surface area is 125 Å². The maximum Gasteiger partial charge on any atom is 0.337 e. The molecule has 1 aliphatic heterocycles. The van der Waals surface area contributed by atoms with Crippen LogP contribution in [0.25, 0.3) is 0 Å². The number of methoxy groups -OCH3 is 1. The standard InChI is InChI=1S/C16H22N2O3/c1-12(19)17-15-7-9-18(10-8-15)11-13-3-5-14(6-4-13)16(20)21-2/h3-6,15H,7-11H2,1-2H3,(H,17,19). The second-order valence-corrected chi connectivity index (χ2v) is 5.44. The number of esters is 1. The molecular weight excluding hydrogens is 268 g/mol. The van der Waals surface area contributed by atoms with Gasteiger partial charge in [0, 0.05) is 32.6 Å². The molecule has 114 valence electrons. The summed E-state index contributed by atoms with van der Waals surface area (Å²) in [6.07, 6.45) is 1.97. The van der Waals surface area contributed by atoms with Crippen LogP contribution in [0, 0.1) is 0 Å². The molecule has 1 saturated heterocycles. The van der Waals surface area contributed by atoms with Gasteiger partial charge in [0.1, 0.15) is 0 Å². The van der Waals surface area contributed by atoms with Crippen LogP contribution in [0.1, 0.15) is 35.7 Å². The van der Waals surface area contributed by atoms with E-state index in [9.17, 15) is 9.59 Å². The summed E-state index contributed by atoms with van der Waals surface area (Å²) in [5.41, 5.74) is 1.76. The van der Waals surface area contributed by atoms with E-state index in [-0.39, 0.29) is 11.9 Å². The first-order valence-electron chi connectivity index (χ1n) is 7.25. The maximum absolute atomic E-state index is 11.4. The number of ether oxygens (including phenoxy) is 1. The molecule has 0 bridgehead atoms. The van der Waals surface area contributed by atoms with Crippen LogP contribution in [0.15, 0.2) is 24.3 Å². The van der Waals surface area contributed by atoms with Crippen LogP contribution in [0.3, 0.4) is 0 Å². The number of carbonyl (C=O) groups excluding carboxylic acids is 2. The van der Waals surface area contributed by atoms with Gasteiger partial charge in [0.25, 0.3) is 0 Å². The first-order valence-corrected chi connectivity index (χ1v) is 7.25. The van der Waals surface area contributed by atoms with Gasteiger partial charge in [0.05, 0.1) is 12.7 Å². The van der Waals surface area contributed by atoms with E-state index in [0.29, 0.717) is 11.6 Å². The number of piperidine rings is 1. The molecule has 21 heavy (non-hydrogen) atoms. The molecule has 0 saturated carbocycles. The normalized spacial score (nSPS) is 16.5. The van der Waals surface area contributed by atoms with Gasteiger partial charge >= 0.3 is 5.97 Å². The van der Waals surface area contributed by atoms with E-state index in [1.807, 2.05) is 12.1 Å². The zero-order chi connectivity index (χ0) is 15.2. The highest BCUT2D eigenvalue weighted by atomic mass is 16.5. The number of rotatable bonds is 4. The zero-order valence-electron chi connectivity index (χ0n) is 12.6. The monoisotopic (exact) mass is 290 g/mol. The van der Waals surface area contributed by atoms with Crippen molar-refractivity contribution in [1.82, 2.24) is 10.2 Å². The Morgan fingerprint density at radius 1 is 1.24 bits per heavy atom. The molecule has 5 nitrogen and oxygen atoms in total. The topological polar surface area (TPSA) is 58.6 Å². The molecule has 2 rings (SSSR count). The number of hydrogen-bond donors (Lipinski definition) is 1. The summed E-state index contributed by atoms with van der Waals surface area (Å²) in [5, 5.41) is 2.98. The number of carbonyl (C=O) groups is 2. The van der Waals surface area contributed by atoms with Crippen LogP contribution >= 0.6 is 0 Å². The van der Waals surface area contributed by atoms with Gasteiger partial charge < -0.3 is 10.1 Å². The minimum Gasteiger partial charge on any atom is -0.465 e. The molecule has 1 aromatic carbocycles. The molecule has 1 fully saturated rings. The number of likely N-dealkylation sites (tertiary alicyclic amines) is 1. The summed E-state index contributed by atoms with van der Waals surface area (Å²) in [7, 11) is 1.38. The van der Waals surface area contributed by atoms with Gasteiger partial charge in [-0.15, -0.1) is 0 Å². The highest BCUT2D eigenvalue weighted by Gasteiger charge is 2.19. The van der Waals surface area contributed by atoms with Crippen LogP contribution in [0.5, 0.6) is 0 Å². The van der Waals surface area contributed by atoms with Crippen molar-refractivity contribution in [2.45, 2.75) is 32.4 Å². The summed E-state index contributed by atoms with van der Waals surface area (Å²) in [6, 6.07) is 7.83. The van der Waals surface area contributed by atoms with Crippen molar-refractivity contribution in [3.63, 3.8) is 0 Å². The number of nitrogens with one attached hydrogen (secondary N) is 1. The van der Waals surface area contributed by atoms with E-state index in [1.165, 1.54) is 12.7 Å². The van der Waals surface area contributed by atoms with E-state index in [4.69, 9.17) is 0 Å². The average molecular weight is 290 g/mol. The van der Waals surface area contributed by atoms with Crippen molar-refractivity contribution in [2.24, 2.45) is 0 Å². The Morgan fingerprint density at radius 3 is 2.38 bits per heavy atom. The Hall–Kier alpha value is -1.88. The molecule has 1 amide bonds. The van der Waals surface area contributed by atoms with Crippen molar-refractivity contribution in [3.05, 3.63) is 35.4 Å². The van der Waals surface area contributed by atoms with Gasteiger partial charge in [-0.3, -0.25) is 9.69 Å². The minimum absolute atomic E-state index is 0.0480. The Kier molecular flexibility index (Phi) is 5.33. The van der Waals surface area contributed by atoms with E-state index in [2.05, 4.69) is 15.0 Å². The highest BCUT2D eigenvalue weighted by Crippen LogP contribution is 2.14. The van der Waals surface area contributed by atoms with Crippen molar-refractivity contribution >= 4 is 11.9 Å². The molecule has 0 unspecified atom stereocenters. The molecule has 0 atom stereocenters. The molecule has 1 aliphatic rings. The molecule has 0 aromatic heterocycles. The molecule has 1 N–H and O–H groups in total. The number of benzene rings is 1. The van der Waals surface area contributed by atoms with Gasteiger partial charge in [-0.1, -0.05) is 12.1 Å². The zero-order valence-corrected chi connectivity index (χ0v) is 12.6. The van der Waals surface area contributed by atoms with Crippen LogP contribution in [0.4, 0.5) is 0 Å². The van der Waals surface area contributed by atoms with Crippen LogP contribution < -0.4 is 5.32 Å². The number of amides is 1. The smallest absolute Gasteiger partial charge is 0.337 e. The molecule has 5 heteroatoms. The lowest BCUT2D eigenvalue weighted by Crippen LogP contribution is -2.43. The fraction of sp³-hybridized carbons (Fsp3) is 0.500. The third kappa shape index (κ3) is 4.56. The SMILES string of the molecule is COC(=O)c1ccc(CN2CCC(NC(C)=O)CC2)cc1. The fourth-order valence-corrected chi connectivity index (χ4v) is 2.65. The summed E-state index contributed by atoms with van der Waals surface area (Å²) in [4.78, 5) is 24.8. The third-order valence-electron chi connectivity index (χ3n) is 3.78. The Bertz CT molecular complexity index is 491. The third-order valence-corrected chi connectivity index (χ3v) is 3.78. The van der Waals surface area contributed by atoms with E-state index >= 15 is 0 Å². The van der Waals surface area contributed by atoms with Crippen molar-refractivity contribution in [3.8, 4) is 0 Å². The average Bonchev–Trinajstić information content (AvgIpc) is 2.49. The van der Waals surface area contributed by atoms with E-state index in [0.717, 1.165) is 32.5 Å². The Balaban J connectivity index is 1.83.